The van der Waals surface area contributed by atoms with E-state index in [1.54, 1.807) is 0 Å². The highest BCUT2D eigenvalue weighted by Crippen LogP contribution is 2.29. The van der Waals surface area contributed by atoms with Crippen LogP contribution in [-0.2, 0) is 6.18 Å². The molecule has 1 amide bonds. The van der Waals surface area contributed by atoms with Crippen molar-refractivity contribution in [2.24, 2.45) is 11.8 Å². The summed E-state index contributed by atoms with van der Waals surface area (Å²) >= 11 is 0. The molecule has 3 nitrogen and oxygen atoms in total. The van der Waals surface area contributed by atoms with Crippen LogP contribution in [0, 0.1) is 11.8 Å². The van der Waals surface area contributed by atoms with E-state index in [1.165, 1.54) is 12.1 Å². The fraction of sp³-hybridized carbons (Fsp3) is 0.533. The second-order valence-electron chi connectivity index (χ2n) is 5.52. The van der Waals surface area contributed by atoms with Gasteiger partial charge in [0.05, 0.1) is 5.56 Å². The van der Waals surface area contributed by atoms with Gasteiger partial charge in [0.15, 0.2) is 0 Å². The van der Waals surface area contributed by atoms with Gasteiger partial charge in [-0.2, -0.15) is 13.2 Å². The highest BCUT2D eigenvalue weighted by molar-refractivity contribution is 5.94. The van der Waals surface area contributed by atoms with Crippen molar-refractivity contribution in [3.05, 3.63) is 35.4 Å². The summed E-state index contributed by atoms with van der Waals surface area (Å²) in [4.78, 5) is 11.9. The second kappa shape index (κ2) is 6.47. The van der Waals surface area contributed by atoms with Crippen molar-refractivity contribution in [3.63, 3.8) is 0 Å². The molecule has 116 valence electrons. The van der Waals surface area contributed by atoms with E-state index in [4.69, 9.17) is 0 Å². The second-order valence-corrected chi connectivity index (χ2v) is 5.52. The quantitative estimate of drug-likeness (QED) is 0.901. The molecule has 1 heterocycles. The summed E-state index contributed by atoms with van der Waals surface area (Å²) in [7, 11) is 0. The van der Waals surface area contributed by atoms with Gasteiger partial charge < -0.3 is 10.6 Å². The molecule has 1 aliphatic rings. The lowest BCUT2D eigenvalue weighted by molar-refractivity contribution is -0.137. The number of nitrogens with one attached hydrogen (secondary N) is 2. The van der Waals surface area contributed by atoms with Crippen LogP contribution in [0.15, 0.2) is 24.3 Å². The average Bonchev–Trinajstić information content (AvgIpc) is 2.45. The van der Waals surface area contributed by atoms with Crippen molar-refractivity contribution in [2.75, 3.05) is 19.6 Å². The summed E-state index contributed by atoms with van der Waals surface area (Å²) in [5, 5.41) is 6.07. The zero-order valence-electron chi connectivity index (χ0n) is 11.8. The molecule has 2 rings (SSSR count). The number of alkyl halides is 3. The summed E-state index contributed by atoms with van der Waals surface area (Å²) in [5.41, 5.74) is -0.497. The van der Waals surface area contributed by atoms with E-state index in [0.717, 1.165) is 31.6 Å². The molecule has 2 unspecified atom stereocenters. The first-order valence-corrected chi connectivity index (χ1v) is 7.04. The SMILES string of the molecule is CC1CCNCC1CNC(=O)c1ccc(C(F)(F)F)cc1. The minimum absolute atomic E-state index is 0.249. The van der Waals surface area contributed by atoms with Crippen LogP contribution in [0.25, 0.3) is 0 Å². The Balaban J connectivity index is 1.91. The molecule has 0 radical (unpaired) electrons. The number of hydrogen-bond donors (Lipinski definition) is 2. The van der Waals surface area contributed by atoms with E-state index in [9.17, 15) is 18.0 Å². The van der Waals surface area contributed by atoms with Gasteiger partial charge in [-0.15, -0.1) is 0 Å². The van der Waals surface area contributed by atoms with Gasteiger partial charge in [0, 0.05) is 12.1 Å². The number of carbonyl (C=O) groups excluding carboxylic acids is 1. The smallest absolute Gasteiger partial charge is 0.352 e. The Labute approximate surface area is 121 Å². The van der Waals surface area contributed by atoms with E-state index >= 15 is 0 Å². The Hall–Kier alpha value is -1.56. The van der Waals surface area contributed by atoms with Crippen LogP contribution >= 0.6 is 0 Å². The first-order valence-electron chi connectivity index (χ1n) is 7.04. The predicted octanol–water partition coefficient (Wildman–Crippen LogP) is 2.68. The Morgan fingerprint density at radius 3 is 2.57 bits per heavy atom. The fourth-order valence-electron chi connectivity index (χ4n) is 2.46. The van der Waals surface area contributed by atoms with E-state index in [-0.39, 0.29) is 11.5 Å². The van der Waals surface area contributed by atoms with Crippen molar-refractivity contribution in [2.45, 2.75) is 19.5 Å². The predicted molar refractivity (Wildman–Crippen MR) is 73.9 cm³/mol. The zero-order chi connectivity index (χ0) is 15.5. The molecule has 0 saturated carbocycles. The summed E-state index contributed by atoms with van der Waals surface area (Å²) in [5.74, 6) is 0.554. The van der Waals surface area contributed by atoms with Gasteiger partial charge in [-0.05, 0) is 55.6 Å². The summed E-state index contributed by atoms with van der Waals surface area (Å²) in [6, 6.07) is 4.28. The number of benzene rings is 1. The van der Waals surface area contributed by atoms with E-state index in [0.29, 0.717) is 18.4 Å². The van der Waals surface area contributed by atoms with E-state index < -0.39 is 11.7 Å². The Kier molecular flexibility index (Phi) is 4.88. The van der Waals surface area contributed by atoms with Crippen LogP contribution in [0.2, 0.25) is 0 Å². The molecule has 6 heteroatoms. The van der Waals surface area contributed by atoms with Crippen LogP contribution in [0.1, 0.15) is 29.3 Å². The molecule has 0 bridgehead atoms. The van der Waals surface area contributed by atoms with Crippen molar-refractivity contribution < 1.29 is 18.0 Å². The minimum Gasteiger partial charge on any atom is -0.352 e. The molecule has 0 aliphatic carbocycles. The highest BCUT2D eigenvalue weighted by Gasteiger charge is 2.30. The third-order valence-electron chi connectivity index (χ3n) is 3.99. The molecular formula is C15H19F3N2O. The van der Waals surface area contributed by atoms with E-state index in [2.05, 4.69) is 17.6 Å². The Morgan fingerprint density at radius 1 is 1.33 bits per heavy atom. The lowest BCUT2D eigenvalue weighted by Gasteiger charge is -2.29. The summed E-state index contributed by atoms with van der Waals surface area (Å²) < 4.78 is 37.3. The maximum Gasteiger partial charge on any atom is 0.416 e. The average molecular weight is 300 g/mol. The van der Waals surface area contributed by atoms with Crippen molar-refractivity contribution >= 4 is 5.91 Å². The van der Waals surface area contributed by atoms with Crippen LogP contribution < -0.4 is 10.6 Å². The van der Waals surface area contributed by atoms with Crippen molar-refractivity contribution in [1.82, 2.24) is 10.6 Å². The molecule has 1 fully saturated rings. The molecular weight excluding hydrogens is 281 g/mol. The van der Waals surface area contributed by atoms with Gasteiger partial charge in [0.2, 0.25) is 0 Å². The van der Waals surface area contributed by atoms with Crippen LogP contribution in [-0.4, -0.2) is 25.5 Å². The lowest BCUT2D eigenvalue weighted by atomic mass is 9.88. The highest BCUT2D eigenvalue weighted by atomic mass is 19.4. The number of halogens is 3. The number of piperidine rings is 1. The molecule has 0 spiro atoms. The largest absolute Gasteiger partial charge is 0.416 e. The standard InChI is InChI=1S/C15H19F3N2O/c1-10-6-7-19-8-12(10)9-20-14(21)11-2-4-13(5-3-11)15(16,17)18/h2-5,10,12,19H,6-9H2,1H3,(H,20,21). The van der Waals surface area contributed by atoms with Crippen LogP contribution in [0.3, 0.4) is 0 Å². The topological polar surface area (TPSA) is 41.1 Å². The lowest BCUT2D eigenvalue weighted by Crippen LogP contribution is -2.42. The maximum absolute atomic E-state index is 12.4. The molecule has 2 atom stereocenters. The van der Waals surface area contributed by atoms with Gasteiger partial charge in [0.1, 0.15) is 0 Å². The first kappa shape index (κ1) is 15.8. The molecule has 1 aliphatic heterocycles. The number of carbonyl (C=O) groups is 1. The van der Waals surface area contributed by atoms with Gasteiger partial charge in [-0.3, -0.25) is 4.79 Å². The monoisotopic (exact) mass is 300 g/mol. The molecule has 0 aromatic heterocycles. The molecule has 1 aromatic carbocycles. The number of rotatable bonds is 3. The van der Waals surface area contributed by atoms with Gasteiger partial charge in [-0.25, -0.2) is 0 Å². The zero-order valence-corrected chi connectivity index (χ0v) is 11.8. The Bertz CT molecular complexity index is 485. The molecule has 2 N–H and O–H groups in total. The summed E-state index contributed by atoms with van der Waals surface area (Å²) in [6.07, 6.45) is -3.31. The Morgan fingerprint density at radius 2 is 2.00 bits per heavy atom. The van der Waals surface area contributed by atoms with Crippen molar-refractivity contribution in [1.29, 1.82) is 0 Å². The van der Waals surface area contributed by atoms with Gasteiger partial charge in [0.25, 0.3) is 5.91 Å². The number of amides is 1. The third kappa shape index (κ3) is 4.20. The molecule has 1 aromatic rings. The minimum atomic E-state index is -4.38. The van der Waals surface area contributed by atoms with E-state index in [1.807, 2.05) is 0 Å². The van der Waals surface area contributed by atoms with Gasteiger partial charge in [-0.1, -0.05) is 6.92 Å². The van der Waals surface area contributed by atoms with Gasteiger partial charge >= 0.3 is 6.18 Å². The van der Waals surface area contributed by atoms with Crippen LogP contribution in [0.5, 0.6) is 0 Å². The van der Waals surface area contributed by atoms with Crippen molar-refractivity contribution in [3.8, 4) is 0 Å². The van der Waals surface area contributed by atoms with Crippen LogP contribution in [0.4, 0.5) is 13.2 Å². The maximum atomic E-state index is 12.4. The summed E-state index contributed by atoms with van der Waals surface area (Å²) in [6.45, 7) is 4.53. The fourth-order valence-corrected chi connectivity index (χ4v) is 2.46. The first-order chi connectivity index (χ1) is 9.88. The normalized spacial score (nSPS) is 22.9. The molecule has 1 saturated heterocycles. The molecule has 21 heavy (non-hydrogen) atoms. The number of hydrogen-bond acceptors (Lipinski definition) is 2. The third-order valence-corrected chi connectivity index (χ3v) is 3.99.